The number of nitrogens with one attached hydrogen (secondary N) is 2. The van der Waals surface area contributed by atoms with E-state index in [1.165, 1.54) is 13.4 Å². The maximum Gasteiger partial charge on any atom is 0.291 e. The highest BCUT2D eigenvalue weighted by atomic mass is 79.9. The van der Waals surface area contributed by atoms with Crippen LogP contribution in [0.5, 0.6) is 5.75 Å². The molecule has 0 aliphatic carbocycles. The van der Waals surface area contributed by atoms with Gasteiger partial charge in [0.25, 0.3) is 11.8 Å². The van der Waals surface area contributed by atoms with Crippen LogP contribution in [0.3, 0.4) is 0 Å². The highest BCUT2D eigenvalue weighted by Crippen LogP contribution is 2.29. The molecule has 0 aliphatic rings. The van der Waals surface area contributed by atoms with Gasteiger partial charge in [0.2, 0.25) is 0 Å². The Morgan fingerprint density at radius 1 is 1.00 bits per heavy atom. The Kier molecular flexibility index (Phi) is 5.38. The summed E-state index contributed by atoms with van der Waals surface area (Å²) in [5.41, 5.74) is 1.52. The molecule has 2 N–H and O–H groups in total. The zero-order valence-electron chi connectivity index (χ0n) is 13.8. The lowest BCUT2D eigenvalue weighted by Crippen LogP contribution is -2.14. The number of methoxy groups -OCH3 is 1. The first-order valence-corrected chi connectivity index (χ1v) is 8.46. The lowest BCUT2D eigenvalue weighted by atomic mass is 10.2. The van der Waals surface area contributed by atoms with Crippen molar-refractivity contribution >= 4 is 39.1 Å². The maximum atomic E-state index is 12.4. The molecule has 2 aromatic carbocycles. The van der Waals surface area contributed by atoms with E-state index in [1.807, 2.05) is 6.07 Å². The summed E-state index contributed by atoms with van der Waals surface area (Å²) in [5, 5.41) is 5.51. The number of benzene rings is 2. The van der Waals surface area contributed by atoms with Crippen LogP contribution in [0.2, 0.25) is 0 Å². The zero-order chi connectivity index (χ0) is 18.5. The van der Waals surface area contributed by atoms with E-state index in [0.29, 0.717) is 27.2 Å². The van der Waals surface area contributed by atoms with Gasteiger partial charge in [-0.2, -0.15) is 0 Å². The first-order valence-electron chi connectivity index (χ1n) is 7.67. The molecule has 26 heavy (non-hydrogen) atoms. The fourth-order valence-corrected chi connectivity index (χ4v) is 2.77. The predicted molar refractivity (Wildman–Crippen MR) is 102 cm³/mol. The number of furan rings is 1. The fraction of sp³-hybridized carbons (Fsp3) is 0.0526. The van der Waals surface area contributed by atoms with E-state index in [0.717, 1.165) is 0 Å². The quantitative estimate of drug-likeness (QED) is 0.641. The van der Waals surface area contributed by atoms with Crippen LogP contribution in [-0.4, -0.2) is 18.9 Å². The lowest BCUT2D eigenvalue weighted by Gasteiger charge is -2.12. The highest BCUT2D eigenvalue weighted by Gasteiger charge is 2.14. The van der Waals surface area contributed by atoms with E-state index in [1.54, 1.807) is 48.5 Å². The molecule has 0 radical (unpaired) electrons. The molecule has 0 bridgehead atoms. The monoisotopic (exact) mass is 414 g/mol. The van der Waals surface area contributed by atoms with Gasteiger partial charge in [-0.3, -0.25) is 9.59 Å². The first kappa shape index (κ1) is 17.8. The summed E-state index contributed by atoms with van der Waals surface area (Å²) < 4.78 is 11.1. The van der Waals surface area contributed by atoms with E-state index < -0.39 is 5.91 Å². The van der Waals surface area contributed by atoms with Crippen LogP contribution in [0, 0.1) is 0 Å². The van der Waals surface area contributed by atoms with Gasteiger partial charge in [0, 0.05) is 16.2 Å². The Bertz CT molecular complexity index is 938. The zero-order valence-corrected chi connectivity index (χ0v) is 15.4. The smallest absolute Gasteiger partial charge is 0.291 e. The van der Waals surface area contributed by atoms with Gasteiger partial charge in [-0.1, -0.05) is 12.1 Å². The van der Waals surface area contributed by atoms with Gasteiger partial charge < -0.3 is 19.8 Å². The van der Waals surface area contributed by atoms with Crippen molar-refractivity contribution in [2.75, 3.05) is 17.7 Å². The number of halogens is 1. The van der Waals surface area contributed by atoms with Crippen molar-refractivity contribution in [3.05, 3.63) is 76.7 Å². The second-order valence-corrected chi connectivity index (χ2v) is 6.13. The first-order chi connectivity index (χ1) is 12.6. The Labute approximate surface area is 158 Å². The van der Waals surface area contributed by atoms with Gasteiger partial charge >= 0.3 is 0 Å². The third kappa shape index (κ3) is 3.94. The van der Waals surface area contributed by atoms with Crippen molar-refractivity contribution < 1.29 is 18.7 Å². The molecule has 0 saturated carbocycles. The molecule has 3 aromatic rings. The van der Waals surface area contributed by atoms with Gasteiger partial charge in [-0.25, -0.2) is 0 Å². The van der Waals surface area contributed by atoms with Gasteiger partial charge in [0.1, 0.15) is 5.75 Å². The minimum absolute atomic E-state index is 0.193. The number of amides is 2. The molecule has 0 atom stereocenters. The second kappa shape index (κ2) is 7.88. The van der Waals surface area contributed by atoms with Crippen LogP contribution in [0.25, 0.3) is 0 Å². The normalized spacial score (nSPS) is 10.2. The number of anilines is 2. The molecule has 7 heteroatoms. The largest absolute Gasteiger partial charge is 0.494 e. The lowest BCUT2D eigenvalue weighted by molar-refractivity contribution is 0.0994. The van der Waals surface area contributed by atoms with Crippen LogP contribution in [0.15, 0.2) is 69.8 Å². The Morgan fingerprint density at radius 2 is 1.81 bits per heavy atom. The average molecular weight is 415 g/mol. The molecule has 0 saturated heterocycles. The van der Waals surface area contributed by atoms with Crippen molar-refractivity contribution in [3.8, 4) is 5.75 Å². The molecular weight excluding hydrogens is 400 g/mol. The Balaban J connectivity index is 1.77. The van der Waals surface area contributed by atoms with Crippen LogP contribution in [0.1, 0.15) is 20.9 Å². The minimum Gasteiger partial charge on any atom is -0.494 e. The molecule has 1 heterocycles. The molecule has 132 valence electrons. The topological polar surface area (TPSA) is 80.6 Å². The van der Waals surface area contributed by atoms with Gasteiger partial charge in [-0.05, 0) is 52.3 Å². The number of rotatable bonds is 5. The summed E-state index contributed by atoms with van der Waals surface area (Å²) in [5.74, 6) is -0.0432. The van der Waals surface area contributed by atoms with Crippen LogP contribution in [0.4, 0.5) is 11.4 Å². The maximum absolute atomic E-state index is 12.4. The third-order valence-electron chi connectivity index (χ3n) is 3.57. The average Bonchev–Trinajstić information content (AvgIpc) is 3.18. The van der Waals surface area contributed by atoms with E-state index >= 15 is 0 Å². The van der Waals surface area contributed by atoms with Crippen LogP contribution in [-0.2, 0) is 0 Å². The molecule has 0 unspecified atom stereocenters. The third-order valence-corrected chi connectivity index (χ3v) is 4.26. The van der Waals surface area contributed by atoms with Crippen LogP contribution >= 0.6 is 15.9 Å². The van der Waals surface area contributed by atoms with Crippen molar-refractivity contribution in [1.29, 1.82) is 0 Å². The minimum atomic E-state index is -0.390. The van der Waals surface area contributed by atoms with Crippen molar-refractivity contribution in [1.82, 2.24) is 0 Å². The predicted octanol–water partition coefficient (Wildman–Crippen LogP) is 4.56. The van der Waals surface area contributed by atoms with Crippen LogP contribution < -0.4 is 15.4 Å². The number of hydrogen-bond acceptors (Lipinski definition) is 4. The molecule has 0 fully saturated rings. The van der Waals surface area contributed by atoms with Crippen molar-refractivity contribution in [2.24, 2.45) is 0 Å². The standard InChI is InChI=1S/C19H15BrN2O4/c1-25-17-11-12(21-18(23)13-5-2-3-6-14(13)20)8-9-15(17)22-19(24)16-7-4-10-26-16/h2-11H,1H3,(H,21,23)(H,22,24). The summed E-state index contributed by atoms with van der Waals surface area (Å²) in [6, 6.07) is 15.3. The van der Waals surface area contributed by atoms with Crippen molar-refractivity contribution in [3.63, 3.8) is 0 Å². The Hall–Kier alpha value is -3.06. The SMILES string of the molecule is COc1cc(NC(=O)c2ccccc2Br)ccc1NC(=O)c1ccco1. The van der Waals surface area contributed by atoms with E-state index in [2.05, 4.69) is 26.6 Å². The molecule has 6 nitrogen and oxygen atoms in total. The molecule has 2 amide bonds. The van der Waals surface area contributed by atoms with Crippen molar-refractivity contribution in [2.45, 2.75) is 0 Å². The van der Waals surface area contributed by atoms with E-state index in [-0.39, 0.29) is 11.7 Å². The summed E-state index contributed by atoms with van der Waals surface area (Å²) in [6.45, 7) is 0. The summed E-state index contributed by atoms with van der Waals surface area (Å²) in [7, 11) is 1.48. The van der Waals surface area contributed by atoms with Gasteiger partial charge in [0.15, 0.2) is 5.76 Å². The molecule has 0 spiro atoms. The molecule has 1 aromatic heterocycles. The molecule has 3 rings (SSSR count). The number of hydrogen-bond donors (Lipinski definition) is 2. The highest BCUT2D eigenvalue weighted by molar-refractivity contribution is 9.10. The fourth-order valence-electron chi connectivity index (χ4n) is 2.31. The summed E-state index contributed by atoms with van der Waals surface area (Å²) in [4.78, 5) is 24.5. The number of carbonyl (C=O) groups excluding carboxylic acids is 2. The van der Waals surface area contributed by atoms with E-state index in [9.17, 15) is 9.59 Å². The second-order valence-electron chi connectivity index (χ2n) is 5.28. The van der Waals surface area contributed by atoms with Gasteiger partial charge in [-0.15, -0.1) is 0 Å². The molecule has 0 aliphatic heterocycles. The summed E-state index contributed by atoms with van der Waals surface area (Å²) >= 11 is 3.35. The van der Waals surface area contributed by atoms with E-state index in [4.69, 9.17) is 9.15 Å². The number of carbonyl (C=O) groups is 2. The Morgan fingerprint density at radius 3 is 2.50 bits per heavy atom. The summed E-state index contributed by atoms with van der Waals surface area (Å²) in [6.07, 6.45) is 1.42. The molecular formula is C19H15BrN2O4. The van der Waals surface area contributed by atoms with Gasteiger partial charge in [0.05, 0.1) is 24.6 Å². The number of ether oxygens (including phenoxy) is 1.